The molecule has 0 atom stereocenters. The third-order valence-electron chi connectivity index (χ3n) is 2.00. The van der Waals surface area contributed by atoms with Crippen molar-refractivity contribution >= 4 is 11.6 Å². The van der Waals surface area contributed by atoms with Crippen LogP contribution in [0.3, 0.4) is 0 Å². The van der Waals surface area contributed by atoms with E-state index in [0.29, 0.717) is 13.0 Å². The van der Waals surface area contributed by atoms with Gasteiger partial charge >= 0.3 is 5.82 Å². The summed E-state index contributed by atoms with van der Waals surface area (Å²) in [5.74, 6) is 0.0354. The minimum atomic E-state index is -0.522. The van der Waals surface area contributed by atoms with Gasteiger partial charge in [-0.1, -0.05) is 0 Å². The number of carbonyl (C=O) groups is 1. The third-order valence-corrected chi connectivity index (χ3v) is 2.00. The SMILES string of the molecule is CC(=O)CCCCn1cnc([N+](=O)[O-])c1. The summed E-state index contributed by atoms with van der Waals surface area (Å²) in [5, 5.41) is 10.3. The molecule has 0 aliphatic rings. The van der Waals surface area contributed by atoms with Crippen molar-refractivity contribution in [2.24, 2.45) is 0 Å². The van der Waals surface area contributed by atoms with Crippen molar-refractivity contribution in [2.75, 3.05) is 0 Å². The highest BCUT2D eigenvalue weighted by atomic mass is 16.6. The van der Waals surface area contributed by atoms with Crippen molar-refractivity contribution in [1.29, 1.82) is 0 Å². The van der Waals surface area contributed by atoms with Crippen LogP contribution in [0, 0.1) is 10.1 Å². The lowest BCUT2D eigenvalue weighted by Gasteiger charge is -1.98. The smallest absolute Gasteiger partial charge is 0.358 e. The van der Waals surface area contributed by atoms with E-state index in [1.807, 2.05) is 0 Å². The van der Waals surface area contributed by atoms with Gasteiger partial charge in [0.05, 0.1) is 0 Å². The second-order valence-corrected chi connectivity index (χ2v) is 3.39. The third kappa shape index (κ3) is 3.88. The van der Waals surface area contributed by atoms with Gasteiger partial charge < -0.3 is 19.5 Å². The van der Waals surface area contributed by atoms with E-state index in [-0.39, 0.29) is 11.6 Å². The summed E-state index contributed by atoms with van der Waals surface area (Å²) in [4.78, 5) is 24.1. The molecule has 0 aliphatic heterocycles. The molecule has 82 valence electrons. The number of aryl methyl sites for hydroxylation is 1. The number of rotatable bonds is 6. The molecule has 6 nitrogen and oxygen atoms in total. The highest BCUT2D eigenvalue weighted by molar-refractivity contribution is 5.75. The van der Waals surface area contributed by atoms with Gasteiger partial charge in [-0.25, -0.2) is 0 Å². The van der Waals surface area contributed by atoms with Crippen LogP contribution in [0.25, 0.3) is 0 Å². The Morgan fingerprint density at radius 3 is 2.87 bits per heavy atom. The molecule has 0 spiro atoms. The molecule has 1 aromatic heterocycles. The Balaban J connectivity index is 2.31. The van der Waals surface area contributed by atoms with E-state index >= 15 is 0 Å². The van der Waals surface area contributed by atoms with Gasteiger partial charge in [-0.2, -0.15) is 0 Å². The van der Waals surface area contributed by atoms with E-state index in [4.69, 9.17) is 0 Å². The van der Waals surface area contributed by atoms with Crippen LogP contribution in [-0.2, 0) is 11.3 Å². The molecule has 0 saturated carbocycles. The number of aromatic nitrogens is 2. The zero-order valence-electron chi connectivity index (χ0n) is 8.55. The Hall–Kier alpha value is -1.72. The topological polar surface area (TPSA) is 78.0 Å². The summed E-state index contributed by atoms with van der Waals surface area (Å²) >= 11 is 0. The summed E-state index contributed by atoms with van der Waals surface area (Å²) in [6.45, 7) is 2.22. The molecule has 15 heavy (non-hydrogen) atoms. The Labute approximate surface area is 87.1 Å². The lowest BCUT2D eigenvalue weighted by molar-refractivity contribution is -0.389. The molecule has 0 unspecified atom stereocenters. The molecule has 1 heterocycles. The maximum atomic E-state index is 10.6. The monoisotopic (exact) mass is 211 g/mol. The van der Waals surface area contributed by atoms with Gasteiger partial charge in [0.25, 0.3) is 0 Å². The van der Waals surface area contributed by atoms with Crippen LogP contribution in [0.5, 0.6) is 0 Å². The lowest BCUT2D eigenvalue weighted by atomic mass is 10.2. The average molecular weight is 211 g/mol. The summed E-state index contributed by atoms with van der Waals surface area (Å²) < 4.78 is 1.66. The van der Waals surface area contributed by atoms with E-state index in [1.54, 1.807) is 11.5 Å². The number of carbonyl (C=O) groups excluding carboxylic acids is 1. The van der Waals surface area contributed by atoms with E-state index < -0.39 is 4.92 Å². The predicted molar refractivity (Wildman–Crippen MR) is 53.4 cm³/mol. The standard InChI is InChI=1S/C9H13N3O3/c1-8(13)4-2-3-5-11-6-9(10-7-11)12(14)15/h6-7H,2-5H2,1H3. The number of nitro groups is 1. The number of unbranched alkanes of at least 4 members (excludes halogenated alkanes) is 1. The van der Waals surface area contributed by atoms with Crippen molar-refractivity contribution in [3.05, 3.63) is 22.6 Å². The van der Waals surface area contributed by atoms with Crippen LogP contribution >= 0.6 is 0 Å². The molecule has 0 bridgehead atoms. The number of nitrogens with zero attached hydrogens (tertiary/aromatic N) is 3. The molecule has 0 N–H and O–H groups in total. The predicted octanol–water partition coefficient (Wildman–Crippen LogP) is 1.55. The van der Waals surface area contributed by atoms with Gasteiger partial charge in [-0.05, 0) is 29.7 Å². The molecule has 1 rings (SSSR count). The Morgan fingerprint density at radius 1 is 1.60 bits per heavy atom. The zero-order valence-corrected chi connectivity index (χ0v) is 8.55. The van der Waals surface area contributed by atoms with Crippen LogP contribution in [-0.4, -0.2) is 20.3 Å². The van der Waals surface area contributed by atoms with Gasteiger partial charge in [0, 0.05) is 13.0 Å². The van der Waals surface area contributed by atoms with Crippen LogP contribution < -0.4 is 0 Å². The number of ketones is 1. The first kappa shape index (κ1) is 11.4. The summed E-state index contributed by atoms with van der Waals surface area (Å²) in [6, 6.07) is 0. The highest BCUT2D eigenvalue weighted by Gasteiger charge is 2.08. The lowest BCUT2D eigenvalue weighted by Crippen LogP contribution is -1.96. The molecule has 0 aliphatic carbocycles. The molecule has 1 aromatic rings. The van der Waals surface area contributed by atoms with E-state index in [0.717, 1.165) is 12.8 Å². The maximum Gasteiger partial charge on any atom is 0.381 e. The maximum absolute atomic E-state index is 10.6. The van der Waals surface area contributed by atoms with E-state index in [9.17, 15) is 14.9 Å². The summed E-state index contributed by atoms with van der Waals surface area (Å²) in [6.07, 6.45) is 5.03. The van der Waals surface area contributed by atoms with Gasteiger partial charge in [-0.15, -0.1) is 0 Å². The molecule has 0 radical (unpaired) electrons. The van der Waals surface area contributed by atoms with Gasteiger partial charge in [0.15, 0.2) is 0 Å². The van der Waals surface area contributed by atoms with Crippen LogP contribution in [0.4, 0.5) is 5.82 Å². The first-order valence-electron chi connectivity index (χ1n) is 4.75. The highest BCUT2D eigenvalue weighted by Crippen LogP contribution is 2.07. The second-order valence-electron chi connectivity index (χ2n) is 3.39. The normalized spacial score (nSPS) is 10.2. The summed E-state index contributed by atoms with van der Waals surface area (Å²) in [7, 11) is 0. The van der Waals surface area contributed by atoms with Crippen LogP contribution in [0.1, 0.15) is 26.2 Å². The van der Waals surface area contributed by atoms with E-state index in [1.165, 1.54) is 12.5 Å². The number of imidazole rings is 1. The van der Waals surface area contributed by atoms with Crippen molar-refractivity contribution in [1.82, 2.24) is 9.55 Å². The van der Waals surface area contributed by atoms with E-state index in [2.05, 4.69) is 4.98 Å². The van der Waals surface area contributed by atoms with Gasteiger partial charge in [0.2, 0.25) is 6.33 Å². The molecular weight excluding hydrogens is 198 g/mol. The largest absolute Gasteiger partial charge is 0.381 e. The van der Waals surface area contributed by atoms with Crippen molar-refractivity contribution in [2.45, 2.75) is 32.7 Å². The Bertz CT molecular complexity index is 359. The minimum absolute atomic E-state index is 0.137. The first-order valence-corrected chi connectivity index (χ1v) is 4.75. The molecular formula is C9H13N3O3. The molecule has 0 aromatic carbocycles. The summed E-state index contributed by atoms with van der Waals surface area (Å²) in [5.41, 5.74) is 0. The molecule has 0 fully saturated rings. The molecule has 0 amide bonds. The zero-order chi connectivity index (χ0) is 11.3. The first-order chi connectivity index (χ1) is 7.09. The Morgan fingerprint density at radius 2 is 2.33 bits per heavy atom. The fourth-order valence-electron chi connectivity index (χ4n) is 1.23. The van der Waals surface area contributed by atoms with Crippen LogP contribution in [0.2, 0.25) is 0 Å². The number of Topliss-reactive ketones (excluding diaryl/α,β-unsaturated/α-hetero) is 1. The molecule has 6 heteroatoms. The van der Waals surface area contributed by atoms with Crippen molar-refractivity contribution < 1.29 is 9.72 Å². The fourth-order valence-corrected chi connectivity index (χ4v) is 1.23. The Kier molecular flexibility index (Phi) is 3.96. The average Bonchev–Trinajstić information content (AvgIpc) is 2.60. The second kappa shape index (κ2) is 5.23. The van der Waals surface area contributed by atoms with Crippen molar-refractivity contribution in [3.8, 4) is 0 Å². The fraction of sp³-hybridized carbons (Fsp3) is 0.556. The van der Waals surface area contributed by atoms with Gasteiger partial charge in [0.1, 0.15) is 12.0 Å². The van der Waals surface area contributed by atoms with Crippen molar-refractivity contribution in [3.63, 3.8) is 0 Å². The minimum Gasteiger partial charge on any atom is -0.358 e. The molecule has 0 saturated heterocycles. The number of hydrogen-bond donors (Lipinski definition) is 0. The quantitative estimate of drug-likeness (QED) is 0.406. The van der Waals surface area contributed by atoms with Crippen LogP contribution in [0.15, 0.2) is 12.5 Å². The number of hydrogen-bond acceptors (Lipinski definition) is 4. The van der Waals surface area contributed by atoms with Gasteiger partial charge in [-0.3, -0.25) is 0 Å².